The summed E-state index contributed by atoms with van der Waals surface area (Å²) in [4.78, 5) is 0. The Balaban J connectivity index is 1.72. The Morgan fingerprint density at radius 2 is 2.08 bits per heavy atom. The number of ether oxygens (including phenoxy) is 1. The van der Waals surface area contributed by atoms with Crippen molar-refractivity contribution in [2.24, 2.45) is 5.73 Å². The normalized spacial score (nSPS) is 16.1. The largest absolute Gasteiger partial charge is 0.505 e. The number of phenolic OH excluding ortho intramolecular Hbond substituents is 1. The molecule has 24 heavy (non-hydrogen) atoms. The van der Waals surface area contributed by atoms with Crippen LogP contribution in [-0.4, -0.2) is 40.5 Å². The fourth-order valence-corrected chi connectivity index (χ4v) is 2.76. The average Bonchev–Trinajstić information content (AvgIpc) is 3.02. The Bertz CT molecular complexity index is 905. The van der Waals surface area contributed by atoms with Gasteiger partial charge in [-0.2, -0.15) is 5.10 Å². The Labute approximate surface area is 137 Å². The number of phenols is 1. The van der Waals surface area contributed by atoms with Crippen LogP contribution in [0.4, 0.5) is 4.39 Å². The molecular formula is C17H17FN4O2. The fraction of sp³-hybridized carbons (Fsp3) is 0.235. The molecule has 0 bridgehead atoms. The summed E-state index contributed by atoms with van der Waals surface area (Å²) in [6, 6.07) is 7.97. The van der Waals surface area contributed by atoms with Crippen LogP contribution in [0, 0.1) is 5.82 Å². The van der Waals surface area contributed by atoms with Crippen LogP contribution >= 0.6 is 0 Å². The van der Waals surface area contributed by atoms with Gasteiger partial charge in [-0.3, -0.25) is 5.10 Å². The molecular weight excluding hydrogens is 311 g/mol. The molecule has 4 rings (SSSR count). The number of halogens is 1. The lowest BCUT2D eigenvalue weighted by Crippen LogP contribution is -2.68. The molecule has 3 aromatic rings. The Hall–Kier alpha value is -2.64. The molecule has 0 atom stereocenters. The zero-order valence-corrected chi connectivity index (χ0v) is 12.8. The smallest absolute Gasteiger partial charge is 0.165 e. The van der Waals surface area contributed by atoms with Gasteiger partial charge in [-0.25, -0.2) is 4.39 Å². The zero-order valence-electron chi connectivity index (χ0n) is 12.8. The average molecular weight is 328 g/mol. The lowest BCUT2D eigenvalue weighted by molar-refractivity contribution is 0.164. The van der Waals surface area contributed by atoms with Crippen molar-refractivity contribution in [3.8, 4) is 22.6 Å². The lowest BCUT2D eigenvalue weighted by atomic mass is 9.95. The third-order valence-electron chi connectivity index (χ3n) is 4.27. The monoisotopic (exact) mass is 328 g/mol. The van der Waals surface area contributed by atoms with Crippen molar-refractivity contribution in [1.82, 2.24) is 15.5 Å². The number of H-pyrrole nitrogens is 1. The van der Waals surface area contributed by atoms with E-state index in [9.17, 15) is 9.50 Å². The first kappa shape index (κ1) is 14.9. The molecule has 1 aliphatic rings. The zero-order chi connectivity index (χ0) is 16.7. The van der Waals surface area contributed by atoms with Crippen molar-refractivity contribution in [1.29, 1.82) is 0 Å². The van der Waals surface area contributed by atoms with Crippen molar-refractivity contribution in [2.45, 2.75) is 5.54 Å². The number of hydrogen-bond donors (Lipinski definition) is 4. The third-order valence-corrected chi connectivity index (χ3v) is 4.27. The van der Waals surface area contributed by atoms with Crippen molar-refractivity contribution in [3.63, 3.8) is 0 Å². The van der Waals surface area contributed by atoms with Gasteiger partial charge in [-0.1, -0.05) is 6.07 Å². The van der Waals surface area contributed by atoms with Gasteiger partial charge in [0.1, 0.15) is 12.4 Å². The number of aromatic nitrogens is 2. The van der Waals surface area contributed by atoms with Crippen molar-refractivity contribution >= 4 is 10.9 Å². The number of nitrogens with one attached hydrogen (secondary N) is 2. The van der Waals surface area contributed by atoms with Gasteiger partial charge in [-0.15, -0.1) is 0 Å². The number of nitrogens with zero attached hydrogens (tertiary/aromatic N) is 1. The molecule has 1 aromatic heterocycles. The summed E-state index contributed by atoms with van der Waals surface area (Å²) in [5.74, 6) is -0.400. The van der Waals surface area contributed by atoms with E-state index in [0.717, 1.165) is 16.5 Å². The second-order valence-corrected chi connectivity index (χ2v) is 6.23. The maximum Gasteiger partial charge on any atom is 0.165 e. The van der Waals surface area contributed by atoms with Gasteiger partial charge in [0.2, 0.25) is 0 Å². The number of benzene rings is 2. The van der Waals surface area contributed by atoms with E-state index in [4.69, 9.17) is 10.5 Å². The Morgan fingerprint density at radius 3 is 2.79 bits per heavy atom. The van der Waals surface area contributed by atoms with Crippen LogP contribution < -0.4 is 15.8 Å². The van der Waals surface area contributed by atoms with E-state index in [1.165, 1.54) is 12.1 Å². The number of fused-ring (bicyclic) bond motifs is 1. The molecule has 0 unspecified atom stereocenters. The summed E-state index contributed by atoms with van der Waals surface area (Å²) in [5.41, 5.74) is 7.99. The molecule has 0 saturated carbocycles. The van der Waals surface area contributed by atoms with Crippen LogP contribution in [0.1, 0.15) is 0 Å². The molecule has 1 fully saturated rings. The molecule has 6 nitrogen and oxygen atoms in total. The van der Waals surface area contributed by atoms with Gasteiger partial charge in [0.05, 0.1) is 22.6 Å². The number of aromatic hydroxyl groups is 1. The Morgan fingerprint density at radius 1 is 1.25 bits per heavy atom. The summed E-state index contributed by atoms with van der Waals surface area (Å²) >= 11 is 0. The number of rotatable bonds is 4. The van der Waals surface area contributed by atoms with Crippen LogP contribution in [0.2, 0.25) is 0 Å². The highest BCUT2D eigenvalue weighted by Gasteiger charge is 2.33. The highest BCUT2D eigenvalue weighted by atomic mass is 19.1. The summed E-state index contributed by atoms with van der Waals surface area (Å²) < 4.78 is 19.6. The second-order valence-electron chi connectivity index (χ2n) is 6.23. The van der Waals surface area contributed by atoms with Crippen LogP contribution in [0.3, 0.4) is 0 Å². The van der Waals surface area contributed by atoms with Gasteiger partial charge in [0, 0.05) is 13.1 Å². The highest BCUT2D eigenvalue weighted by molar-refractivity contribution is 5.89. The van der Waals surface area contributed by atoms with Crippen LogP contribution in [-0.2, 0) is 0 Å². The molecule has 5 N–H and O–H groups in total. The van der Waals surface area contributed by atoms with Gasteiger partial charge in [-0.05, 0) is 35.4 Å². The molecule has 1 aliphatic heterocycles. The molecule has 0 aliphatic carbocycles. The minimum atomic E-state index is -0.666. The van der Waals surface area contributed by atoms with Gasteiger partial charge in [0.25, 0.3) is 0 Å². The maximum absolute atomic E-state index is 13.7. The minimum absolute atomic E-state index is 0.364. The van der Waals surface area contributed by atoms with Crippen molar-refractivity contribution in [3.05, 3.63) is 42.3 Å². The summed E-state index contributed by atoms with van der Waals surface area (Å²) in [6.07, 6.45) is 1.69. The van der Waals surface area contributed by atoms with E-state index in [0.29, 0.717) is 31.0 Å². The predicted molar refractivity (Wildman–Crippen MR) is 88.4 cm³/mol. The molecule has 0 spiro atoms. The summed E-state index contributed by atoms with van der Waals surface area (Å²) in [5, 5.41) is 20.3. The number of hydrogen-bond acceptors (Lipinski definition) is 5. The van der Waals surface area contributed by atoms with E-state index in [2.05, 4.69) is 15.5 Å². The topological polar surface area (TPSA) is 96.2 Å². The van der Waals surface area contributed by atoms with Crippen LogP contribution in [0.15, 0.2) is 36.5 Å². The summed E-state index contributed by atoms with van der Waals surface area (Å²) in [7, 11) is 0. The van der Waals surface area contributed by atoms with E-state index in [-0.39, 0.29) is 11.3 Å². The minimum Gasteiger partial charge on any atom is -0.505 e. The van der Waals surface area contributed by atoms with E-state index in [1.54, 1.807) is 12.3 Å². The molecule has 124 valence electrons. The molecule has 2 heterocycles. The van der Waals surface area contributed by atoms with Crippen LogP contribution in [0.5, 0.6) is 11.5 Å². The summed E-state index contributed by atoms with van der Waals surface area (Å²) in [6.45, 7) is 1.81. The van der Waals surface area contributed by atoms with Gasteiger partial charge >= 0.3 is 0 Å². The first-order valence-electron chi connectivity index (χ1n) is 7.63. The van der Waals surface area contributed by atoms with Gasteiger partial charge in [0.15, 0.2) is 11.6 Å². The number of aromatic amines is 1. The van der Waals surface area contributed by atoms with E-state index in [1.807, 2.05) is 12.1 Å². The predicted octanol–water partition coefficient (Wildman–Crippen LogP) is 1.75. The highest BCUT2D eigenvalue weighted by Crippen LogP contribution is 2.33. The lowest BCUT2D eigenvalue weighted by Gasteiger charge is -2.38. The molecule has 0 radical (unpaired) electrons. The SMILES string of the molecule is NC1(COc2cc(-c3ccc(O)c(F)c3)cc3[nH]ncc23)CNC1. The molecule has 1 saturated heterocycles. The second kappa shape index (κ2) is 5.47. The maximum atomic E-state index is 13.7. The van der Waals surface area contributed by atoms with E-state index < -0.39 is 5.82 Å². The third kappa shape index (κ3) is 2.57. The van der Waals surface area contributed by atoms with E-state index >= 15 is 0 Å². The first-order chi connectivity index (χ1) is 11.5. The molecule has 2 aromatic carbocycles. The van der Waals surface area contributed by atoms with Crippen molar-refractivity contribution in [2.75, 3.05) is 19.7 Å². The van der Waals surface area contributed by atoms with Crippen molar-refractivity contribution < 1.29 is 14.2 Å². The first-order valence-corrected chi connectivity index (χ1v) is 7.63. The standard InChI is InChI=1S/C17H17FN4O2/c18-13-3-10(1-2-15(13)23)11-4-14-12(6-21-22-14)16(5-11)24-9-17(19)7-20-8-17/h1-6,20,23H,7-9,19H2,(H,21,22). The van der Waals surface area contributed by atoms with Crippen LogP contribution in [0.25, 0.3) is 22.0 Å². The van der Waals surface area contributed by atoms with Gasteiger partial charge < -0.3 is 20.9 Å². The Kier molecular flexibility index (Phi) is 3.40. The molecule has 7 heteroatoms. The molecule has 0 amide bonds. The fourth-order valence-electron chi connectivity index (χ4n) is 2.76. The quantitative estimate of drug-likeness (QED) is 0.585. The number of nitrogens with two attached hydrogens (primary N) is 1.